The van der Waals surface area contributed by atoms with Gasteiger partial charge in [0.15, 0.2) is 0 Å². The highest BCUT2D eigenvalue weighted by atomic mass is 16.5. The number of nitrogens with zero attached hydrogens (tertiary/aromatic N) is 2. The van der Waals surface area contributed by atoms with E-state index in [0.29, 0.717) is 37.4 Å². The fourth-order valence-electron chi connectivity index (χ4n) is 6.41. The first-order valence-electron chi connectivity index (χ1n) is 15.5. The summed E-state index contributed by atoms with van der Waals surface area (Å²) in [6.07, 6.45) is 6.75. The molecule has 1 heterocycles. The lowest BCUT2D eigenvalue weighted by atomic mass is 9.88. The summed E-state index contributed by atoms with van der Waals surface area (Å²) >= 11 is 0. The van der Waals surface area contributed by atoms with Crippen LogP contribution < -0.4 is 20.3 Å². The second-order valence-corrected chi connectivity index (χ2v) is 12.0. The largest absolute Gasteiger partial charge is 0.491 e. The minimum absolute atomic E-state index is 0.0770. The van der Waals surface area contributed by atoms with Crippen LogP contribution in [0.15, 0.2) is 71.6 Å². The van der Waals surface area contributed by atoms with Crippen molar-refractivity contribution in [3.63, 3.8) is 0 Å². The number of ether oxygens (including phenoxy) is 2. The van der Waals surface area contributed by atoms with Crippen LogP contribution in [0.1, 0.15) is 62.4 Å². The van der Waals surface area contributed by atoms with Gasteiger partial charge in [-0.3, -0.25) is 4.79 Å². The number of amides is 1. The number of allylic oxidation sites excluding steroid dienone is 3. The zero-order chi connectivity index (χ0) is 31.1. The molecule has 1 fully saturated rings. The lowest BCUT2D eigenvalue weighted by molar-refractivity contribution is 0.0956. The highest BCUT2D eigenvalue weighted by molar-refractivity contribution is 5.99. The van der Waals surface area contributed by atoms with E-state index in [4.69, 9.17) is 9.47 Å². The van der Waals surface area contributed by atoms with E-state index in [9.17, 15) is 4.79 Å². The molecule has 0 atom stereocenters. The Bertz CT molecular complexity index is 1350. The molecular weight excluding hydrogens is 536 g/mol. The van der Waals surface area contributed by atoms with E-state index < -0.39 is 0 Å². The standard InChI is InChI=1S/C36H50N4O3/c1-9-40(31-14-12-30(13-15-31)39(6)7)35-22-29(28-10-16-32(17-11-28)43-19-18-42-8)21-33(26(35)4)36(41)37-23-34-24(2)20-25(3)38-27(34)5/h10-11,16-17,20-22,30-31,38H,5,9,12-15,18-19,23H2,1-4,6-8H3,(H,37,41). The summed E-state index contributed by atoms with van der Waals surface area (Å²) in [4.78, 5) is 18.8. The molecule has 4 rings (SSSR count). The van der Waals surface area contributed by atoms with E-state index >= 15 is 0 Å². The lowest BCUT2D eigenvalue weighted by Crippen LogP contribution is -2.42. The number of carbonyl (C=O) groups excluding carboxylic acids is 1. The number of hydrogen-bond acceptors (Lipinski definition) is 6. The fourth-order valence-corrected chi connectivity index (χ4v) is 6.41. The molecule has 0 bridgehead atoms. The van der Waals surface area contributed by atoms with Crippen LogP contribution in [-0.2, 0) is 4.74 Å². The maximum Gasteiger partial charge on any atom is 0.251 e. The summed E-state index contributed by atoms with van der Waals surface area (Å²) in [5.74, 6) is 0.722. The zero-order valence-electron chi connectivity index (χ0n) is 27.2. The number of benzene rings is 2. The zero-order valence-corrected chi connectivity index (χ0v) is 27.2. The first kappa shape index (κ1) is 32.4. The highest BCUT2D eigenvalue weighted by Gasteiger charge is 2.28. The van der Waals surface area contributed by atoms with Crippen molar-refractivity contribution in [2.45, 2.75) is 65.5 Å². The smallest absolute Gasteiger partial charge is 0.251 e. The maximum atomic E-state index is 13.9. The van der Waals surface area contributed by atoms with Gasteiger partial charge in [0, 0.05) is 54.9 Å². The van der Waals surface area contributed by atoms with Crippen LogP contribution in [0.25, 0.3) is 11.1 Å². The SMILES string of the molecule is C=C1NC(C)=CC(C)=C1CNC(=O)c1cc(-c2ccc(OCCOC)cc2)cc(N(CC)C2CCC(N(C)C)CC2)c1C. The molecule has 1 saturated carbocycles. The summed E-state index contributed by atoms with van der Waals surface area (Å²) in [5.41, 5.74) is 8.94. The lowest BCUT2D eigenvalue weighted by Gasteiger charge is -2.40. The van der Waals surface area contributed by atoms with Crippen molar-refractivity contribution >= 4 is 11.6 Å². The molecule has 7 nitrogen and oxygen atoms in total. The van der Waals surface area contributed by atoms with Gasteiger partial charge in [0.2, 0.25) is 0 Å². The molecule has 0 aromatic heterocycles. The van der Waals surface area contributed by atoms with Crippen molar-refractivity contribution in [2.75, 3.05) is 52.4 Å². The van der Waals surface area contributed by atoms with E-state index in [1.54, 1.807) is 7.11 Å². The predicted octanol–water partition coefficient (Wildman–Crippen LogP) is 6.45. The number of carbonyl (C=O) groups is 1. The number of nitrogens with one attached hydrogen (secondary N) is 2. The highest BCUT2D eigenvalue weighted by Crippen LogP contribution is 2.36. The third-order valence-corrected chi connectivity index (χ3v) is 8.90. The molecule has 0 radical (unpaired) electrons. The number of anilines is 1. The average molecular weight is 587 g/mol. The first-order chi connectivity index (χ1) is 20.6. The Hall–Kier alpha value is -3.55. The molecule has 1 aliphatic heterocycles. The third-order valence-electron chi connectivity index (χ3n) is 8.90. The minimum atomic E-state index is -0.0770. The van der Waals surface area contributed by atoms with Crippen molar-refractivity contribution in [3.05, 3.63) is 82.7 Å². The van der Waals surface area contributed by atoms with Gasteiger partial charge in [-0.05, 0) is 126 Å². The Kier molecular flexibility index (Phi) is 11.1. The molecule has 0 spiro atoms. The van der Waals surface area contributed by atoms with Crippen LogP contribution in [0.4, 0.5) is 5.69 Å². The molecule has 2 aliphatic rings. The van der Waals surface area contributed by atoms with Gasteiger partial charge < -0.3 is 29.9 Å². The second-order valence-electron chi connectivity index (χ2n) is 12.0. The third kappa shape index (κ3) is 7.89. The van der Waals surface area contributed by atoms with Crippen molar-refractivity contribution in [3.8, 4) is 16.9 Å². The van der Waals surface area contributed by atoms with Crippen LogP contribution in [0.5, 0.6) is 5.75 Å². The molecule has 0 saturated heterocycles. The summed E-state index contributed by atoms with van der Waals surface area (Å²) in [5, 5.41) is 6.50. The maximum absolute atomic E-state index is 13.9. The van der Waals surface area contributed by atoms with Crippen LogP contribution in [0.3, 0.4) is 0 Å². The van der Waals surface area contributed by atoms with Gasteiger partial charge in [0.1, 0.15) is 12.4 Å². The molecule has 1 amide bonds. The predicted molar refractivity (Wildman–Crippen MR) is 178 cm³/mol. The van der Waals surface area contributed by atoms with Gasteiger partial charge in [0.05, 0.1) is 6.61 Å². The van der Waals surface area contributed by atoms with Gasteiger partial charge in [-0.1, -0.05) is 18.7 Å². The van der Waals surface area contributed by atoms with E-state index in [1.165, 1.54) is 12.8 Å². The molecular formula is C36H50N4O3. The molecule has 1 aliphatic carbocycles. The number of rotatable bonds is 12. The Morgan fingerprint density at radius 3 is 2.28 bits per heavy atom. The van der Waals surface area contributed by atoms with Crippen LogP contribution >= 0.6 is 0 Å². The van der Waals surface area contributed by atoms with E-state index in [0.717, 1.165) is 70.1 Å². The number of dihydropyridines is 1. The van der Waals surface area contributed by atoms with Crippen LogP contribution in [0, 0.1) is 6.92 Å². The topological polar surface area (TPSA) is 66.1 Å². The minimum Gasteiger partial charge on any atom is -0.491 e. The van der Waals surface area contributed by atoms with Crippen LogP contribution in [-0.4, -0.2) is 70.4 Å². The summed E-state index contributed by atoms with van der Waals surface area (Å²) in [6.45, 7) is 14.9. The molecule has 2 aromatic carbocycles. The van der Waals surface area contributed by atoms with Crippen molar-refractivity contribution in [2.24, 2.45) is 0 Å². The molecule has 2 aromatic rings. The Balaban J connectivity index is 1.67. The summed E-state index contributed by atoms with van der Waals surface area (Å²) in [6, 6.07) is 13.5. The molecule has 0 unspecified atom stereocenters. The molecule has 43 heavy (non-hydrogen) atoms. The summed E-state index contributed by atoms with van der Waals surface area (Å²) in [7, 11) is 6.03. The van der Waals surface area contributed by atoms with Crippen molar-refractivity contribution in [1.29, 1.82) is 0 Å². The Morgan fingerprint density at radius 1 is 1.00 bits per heavy atom. The van der Waals surface area contributed by atoms with E-state index in [2.05, 4.69) is 86.2 Å². The second kappa shape index (κ2) is 14.8. The normalized spacial score (nSPS) is 18.8. The average Bonchev–Trinajstić information content (AvgIpc) is 2.98. The molecule has 2 N–H and O–H groups in total. The van der Waals surface area contributed by atoms with Gasteiger partial charge in [-0.25, -0.2) is 0 Å². The number of methoxy groups -OCH3 is 1. The number of hydrogen-bond donors (Lipinski definition) is 2. The van der Waals surface area contributed by atoms with Gasteiger partial charge in [0.25, 0.3) is 5.91 Å². The van der Waals surface area contributed by atoms with Gasteiger partial charge in [-0.15, -0.1) is 0 Å². The first-order valence-corrected chi connectivity index (χ1v) is 15.5. The van der Waals surface area contributed by atoms with E-state index in [1.807, 2.05) is 25.1 Å². The van der Waals surface area contributed by atoms with Gasteiger partial charge >= 0.3 is 0 Å². The van der Waals surface area contributed by atoms with Crippen molar-refractivity contribution < 1.29 is 14.3 Å². The monoisotopic (exact) mass is 586 g/mol. The van der Waals surface area contributed by atoms with Crippen LogP contribution in [0.2, 0.25) is 0 Å². The van der Waals surface area contributed by atoms with Crippen molar-refractivity contribution in [1.82, 2.24) is 15.5 Å². The Labute approximate surface area is 258 Å². The molecule has 7 heteroatoms. The van der Waals surface area contributed by atoms with Gasteiger partial charge in [-0.2, -0.15) is 0 Å². The van der Waals surface area contributed by atoms with E-state index in [-0.39, 0.29) is 5.91 Å². The quantitative estimate of drug-likeness (QED) is 0.279. The summed E-state index contributed by atoms with van der Waals surface area (Å²) < 4.78 is 10.9. The fraction of sp³-hybridized carbons (Fsp3) is 0.472. The molecule has 232 valence electrons. The Morgan fingerprint density at radius 2 is 1.67 bits per heavy atom.